The van der Waals surface area contributed by atoms with E-state index in [0.717, 1.165) is 6.42 Å². The monoisotopic (exact) mass is 334 g/mol. The van der Waals surface area contributed by atoms with Gasteiger partial charge in [0.05, 0.1) is 5.92 Å². The van der Waals surface area contributed by atoms with Crippen LogP contribution in [0.5, 0.6) is 0 Å². The zero-order valence-electron chi connectivity index (χ0n) is 10.5. The molecule has 1 aliphatic carbocycles. The SMILES string of the molecule is N#CC1=C(N)OC2=C(C(=O)CCC2)[C@H]1c1ccc(Br)o1. The van der Waals surface area contributed by atoms with Crippen LogP contribution in [0.25, 0.3) is 0 Å². The minimum atomic E-state index is -0.567. The Balaban J connectivity index is 2.18. The first-order valence-electron chi connectivity index (χ1n) is 6.21. The average Bonchev–Trinajstić information content (AvgIpc) is 2.84. The zero-order valence-corrected chi connectivity index (χ0v) is 12.1. The van der Waals surface area contributed by atoms with Gasteiger partial charge in [-0.1, -0.05) is 0 Å². The Morgan fingerprint density at radius 1 is 1.40 bits per heavy atom. The van der Waals surface area contributed by atoms with Crippen LogP contribution in [0.4, 0.5) is 0 Å². The Morgan fingerprint density at radius 2 is 2.20 bits per heavy atom. The van der Waals surface area contributed by atoms with Gasteiger partial charge < -0.3 is 14.9 Å². The summed E-state index contributed by atoms with van der Waals surface area (Å²) in [6.07, 6.45) is 1.85. The molecule has 0 fully saturated rings. The van der Waals surface area contributed by atoms with Crippen LogP contribution in [-0.2, 0) is 9.53 Å². The lowest BCUT2D eigenvalue weighted by Gasteiger charge is -2.29. The van der Waals surface area contributed by atoms with Crippen molar-refractivity contribution in [3.8, 4) is 6.07 Å². The zero-order chi connectivity index (χ0) is 14.3. The highest BCUT2D eigenvalue weighted by Crippen LogP contribution is 2.43. The predicted octanol–water partition coefficient (Wildman–Crippen LogP) is 2.86. The molecule has 2 N–H and O–H groups in total. The van der Waals surface area contributed by atoms with Crippen LogP contribution in [0.15, 0.2) is 44.0 Å². The number of nitrogens with zero attached hydrogens (tertiary/aromatic N) is 1. The average molecular weight is 335 g/mol. The van der Waals surface area contributed by atoms with Gasteiger partial charge in [-0.3, -0.25) is 4.79 Å². The first-order valence-corrected chi connectivity index (χ1v) is 7.00. The van der Waals surface area contributed by atoms with Crippen molar-refractivity contribution in [3.05, 3.63) is 45.4 Å². The third-order valence-electron chi connectivity index (χ3n) is 3.48. The van der Waals surface area contributed by atoms with Crippen LogP contribution in [0.2, 0.25) is 0 Å². The minimum Gasteiger partial charge on any atom is -0.453 e. The molecule has 2 heterocycles. The number of hydrogen-bond acceptors (Lipinski definition) is 5. The second-order valence-electron chi connectivity index (χ2n) is 4.68. The van der Waals surface area contributed by atoms with E-state index >= 15 is 0 Å². The summed E-state index contributed by atoms with van der Waals surface area (Å²) in [6.45, 7) is 0. The molecule has 1 aliphatic heterocycles. The summed E-state index contributed by atoms with van der Waals surface area (Å²) in [5.74, 6) is 0.558. The molecule has 6 heteroatoms. The van der Waals surface area contributed by atoms with Crippen molar-refractivity contribution in [3.63, 3.8) is 0 Å². The summed E-state index contributed by atoms with van der Waals surface area (Å²) in [5.41, 5.74) is 6.54. The van der Waals surface area contributed by atoms with Crippen LogP contribution >= 0.6 is 15.9 Å². The molecule has 1 aromatic rings. The molecule has 0 unspecified atom stereocenters. The molecular formula is C14H11BrN2O3. The second-order valence-corrected chi connectivity index (χ2v) is 5.46. The van der Waals surface area contributed by atoms with Gasteiger partial charge in [-0.2, -0.15) is 5.26 Å². The van der Waals surface area contributed by atoms with Crippen molar-refractivity contribution in [2.24, 2.45) is 5.73 Å². The molecule has 20 heavy (non-hydrogen) atoms. The number of carbonyl (C=O) groups is 1. The summed E-state index contributed by atoms with van der Waals surface area (Å²) in [6, 6.07) is 5.49. The first kappa shape index (κ1) is 13.0. The molecule has 0 bridgehead atoms. The smallest absolute Gasteiger partial charge is 0.205 e. The third-order valence-corrected chi connectivity index (χ3v) is 3.91. The van der Waals surface area contributed by atoms with Crippen LogP contribution < -0.4 is 5.73 Å². The number of Topliss-reactive ketones (excluding diaryl/α,β-unsaturated/α-hetero) is 1. The van der Waals surface area contributed by atoms with Crippen molar-refractivity contribution in [2.45, 2.75) is 25.2 Å². The maximum atomic E-state index is 12.2. The van der Waals surface area contributed by atoms with Gasteiger partial charge in [-0.25, -0.2) is 0 Å². The number of ether oxygens (including phenoxy) is 1. The number of allylic oxidation sites excluding steroid dienone is 3. The number of rotatable bonds is 1. The van der Waals surface area contributed by atoms with Crippen LogP contribution in [0.1, 0.15) is 30.9 Å². The van der Waals surface area contributed by atoms with Gasteiger partial charge >= 0.3 is 0 Å². The van der Waals surface area contributed by atoms with Crippen molar-refractivity contribution < 1.29 is 13.9 Å². The number of carbonyl (C=O) groups excluding carboxylic acids is 1. The molecular weight excluding hydrogens is 324 g/mol. The first-order chi connectivity index (χ1) is 9.61. The summed E-state index contributed by atoms with van der Waals surface area (Å²) in [4.78, 5) is 12.2. The Hall–Kier alpha value is -2.00. The van der Waals surface area contributed by atoms with Crippen molar-refractivity contribution >= 4 is 21.7 Å². The maximum absolute atomic E-state index is 12.2. The highest BCUT2D eigenvalue weighted by atomic mass is 79.9. The van der Waals surface area contributed by atoms with Crippen molar-refractivity contribution in [1.82, 2.24) is 0 Å². The van der Waals surface area contributed by atoms with E-state index in [4.69, 9.17) is 14.9 Å². The van der Waals surface area contributed by atoms with Gasteiger partial charge in [0.25, 0.3) is 0 Å². The lowest BCUT2D eigenvalue weighted by atomic mass is 9.80. The van der Waals surface area contributed by atoms with Gasteiger partial charge in [0.2, 0.25) is 5.88 Å². The number of hydrogen-bond donors (Lipinski definition) is 1. The molecule has 1 atom stereocenters. The molecule has 0 saturated carbocycles. The van der Waals surface area contributed by atoms with Crippen LogP contribution in [-0.4, -0.2) is 5.78 Å². The molecule has 0 spiro atoms. The fourth-order valence-corrected chi connectivity index (χ4v) is 2.94. The van der Waals surface area contributed by atoms with E-state index in [1.54, 1.807) is 12.1 Å². The molecule has 102 valence electrons. The summed E-state index contributed by atoms with van der Waals surface area (Å²) < 4.78 is 11.5. The predicted molar refractivity (Wildman–Crippen MR) is 72.9 cm³/mol. The van der Waals surface area contributed by atoms with E-state index in [1.807, 2.05) is 6.07 Å². The minimum absolute atomic E-state index is 0.0102. The van der Waals surface area contributed by atoms with Gasteiger partial charge in [-0.15, -0.1) is 0 Å². The highest BCUT2D eigenvalue weighted by molar-refractivity contribution is 9.10. The normalized spacial score (nSPS) is 22.4. The number of furan rings is 1. The van der Waals surface area contributed by atoms with Crippen molar-refractivity contribution in [1.29, 1.82) is 5.26 Å². The molecule has 0 aromatic carbocycles. The van der Waals surface area contributed by atoms with E-state index in [0.29, 0.717) is 34.6 Å². The molecule has 5 nitrogen and oxygen atoms in total. The summed E-state index contributed by atoms with van der Waals surface area (Å²) in [5, 5.41) is 9.32. The summed E-state index contributed by atoms with van der Waals surface area (Å²) in [7, 11) is 0. The Morgan fingerprint density at radius 3 is 2.85 bits per heavy atom. The highest BCUT2D eigenvalue weighted by Gasteiger charge is 2.39. The van der Waals surface area contributed by atoms with Gasteiger partial charge in [-0.05, 0) is 34.5 Å². The van der Waals surface area contributed by atoms with E-state index in [-0.39, 0.29) is 17.2 Å². The number of halogens is 1. The molecule has 0 amide bonds. The molecule has 1 aromatic heterocycles. The molecule has 0 radical (unpaired) electrons. The molecule has 0 saturated heterocycles. The second kappa shape index (κ2) is 4.84. The van der Waals surface area contributed by atoms with E-state index in [2.05, 4.69) is 15.9 Å². The van der Waals surface area contributed by atoms with Gasteiger partial charge in [0, 0.05) is 18.4 Å². The molecule has 3 rings (SSSR count). The lowest BCUT2D eigenvalue weighted by Crippen LogP contribution is -2.27. The summed E-state index contributed by atoms with van der Waals surface area (Å²) >= 11 is 3.23. The molecule has 2 aliphatic rings. The quantitative estimate of drug-likeness (QED) is 0.852. The topological polar surface area (TPSA) is 89.3 Å². The number of ketones is 1. The van der Waals surface area contributed by atoms with Crippen molar-refractivity contribution in [2.75, 3.05) is 0 Å². The van der Waals surface area contributed by atoms with Gasteiger partial charge in [0.15, 0.2) is 10.5 Å². The van der Waals surface area contributed by atoms with E-state index < -0.39 is 5.92 Å². The third kappa shape index (κ3) is 1.95. The van der Waals surface area contributed by atoms with Gasteiger partial charge in [0.1, 0.15) is 23.2 Å². The fraction of sp³-hybridized carbons (Fsp3) is 0.286. The van der Waals surface area contributed by atoms with Crippen LogP contribution in [0, 0.1) is 11.3 Å². The number of nitrogens with two attached hydrogens (primary N) is 1. The Bertz CT molecular complexity index is 694. The van der Waals surface area contributed by atoms with E-state index in [9.17, 15) is 10.1 Å². The van der Waals surface area contributed by atoms with Crippen LogP contribution in [0.3, 0.4) is 0 Å². The largest absolute Gasteiger partial charge is 0.453 e. The standard InChI is InChI=1S/C14H11BrN2O3/c15-11-5-4-10(19-11)12-7(6-16)14(17)20-9-3-1-2-8(18)13(9)12/h4-5,12H,1-3,17H2/t12-/m1/s1. The maximum Gasteiger partial charge on any atom is 0.205 e. The fourth-order valence-electron chi connectivity index (χ4n) is 2.62. The Labute approximate surface area is 123 Å². The van der Waals surface area contributed by atoms with E-state index in [1.165, 1.54) is 0 Å². The lowest BCUT2D eigenvalue weighted by molar-refractivity contribution is -0.116. The Kier molecular flexibility index (Phi) is 3.14. The number of nitriles is 1.